The average molecular weight is 280 g/mol. The second-order valence-corrected chi connectivity index (χ2v) is 5.23. The minimum absolute atomic E-state index is 0.0478. The Hall–Kier alpha value is -1.82. The number of likely N-dealkylation sites (tertiary alicyclic amines) is 1. The zero-order chi connectivity index (χ0) is 14.7. The van der Waals surface area contributed by atoms with Crippen molar-refractivity contribution in [3.05, 3.63) is 39.7 Å². The van der Waals surface area contributed by atoms with E-state index in [0.717, 1.165) is 19.4 Å². The van der Waals surface area contributed by atoms with Crippen LogP contribution in [0.1, 0.15) is 25.3 Å². The van der Waals surface area contributed by atoms with Crippen molar-refractivity contribution in [2.75, 3.05) is 13.1 Å². The Balaban J connectivity index is 2.04. The minimum atomic E-state index is -0.812. The number of Topliss-reactive ketones (excluding diaryl/α,β-unsaturated/α-hetero) is 1. The first-order chi connectivity index (χ1) is 9.47. The molecule has 0 amide bonds. The van der Waals surface area contributed by atoms with E-state index in [0.29, 0.717) is 18.7 Å². The topological polar surface area (TPSA) is 63.5 Å². The van der Waals surface area contributed by atoms with Crippen molar-refractivity contribution in [1.29, 1.82) is 0 Å². The molecule has 0 N–H and O–H groups in total. The fourth-order valence-electron chi connectivity index (χ4n) is 2.59. The summed E-state index contributed by atoms with van der Waals surface area (Å²) in [5.74, 6) is -0.580. The van der Waals surface area contributed by atoms with Crippen molar-refractivity contribution in [1.82, 2.24) is 4.90 Å². The maximum Gasteiger partial charge on any atom is 0.304 e. The molecule has 1 unspecified atom stereocenters. The fraction of sp³-hybridized carbons (Fsp3) is 0.500. The van der Waals surface area contributed by atoms with E-state index < -0.39 is 16.4 Å². The van der Waals surface area contributed by atoms with Gasteiger partial charge in [-0.05, 0) is 37.9 Å². The van der Waals surface area contributed by atoms with E-state index in [4.69, 9.17) is 0 Å². The summed E-state index contributed by atoms with van der Waals surface area (Å²) in [5.41, 5.74) is 0.186. The smallest absolute Gasteiger partial charge is 0.300 e. The van der Waals surface area contributed by atoms with Crippen LogP contribution in [-0.2, 0) is 11.3 Å². The molecule has 0 bridgehead atoms. The van der Waals surface area contributed by atoms with Crippen LogP contribution in [0.15, 0.2) is 18.2 Å². The molecule has 1 aromatic carbocycles. The van der Waals surface area contributed by atoms with Crippen LogP contribution in [0.25, 0.3) is 0 Å². The number of carbonyl (C=O) groups excluding carboxylic acids is 1. The fourth-order valence-corrected chi connectivity index (χ4v) is 2.59. The number of hydrogen-bond donors (Lipinski definition) is 0. The van der Waals surface area contributed by atoms with Gasteiger partial charge in [0.2, 0.25) is 5.82 Å². The summed E-state index contributed by atoms with van der Waals surface area (Å²) >= 11 is 0. The van der Waals surface area contributed by atoms with Crippen LogP contribution in [0.3, 0.4) is 0 Å². The summed E-state index contributed by atoms with van der Waals surface area (Å²) in [7, 11) is 0. The number of rotatable bonds is 4. The van der Waals surface area contributed by atoms with Gasteiger partial charge in [0.25, 0.3) is 0 Å². The van der Waals surface area contributed by atoms with Crippen molar-refractivity contribution >= 4 is 11.5 Å². The number of hydrogen-bond acceptors (Lipinski definition) is 4. The lowest BCUT2D eigenvalue weighted by molar-refractivity contribution is -0.387. The maximum absolute atomic E-state index is 13.5. The first kappa shape index (κ1) is 14.6. The molecule has 1 atom stereocenters. The molecule has 5 nitrogen and oxygen atoms in total. The molecule has 1 saturated heterocycles. The van der Waals surface area contributed by atoms with Crippen LogP contribution < -0.4 is 0 Å². The third-order valence-corrected chi connectivity index (χ3v) is 3.70. The molecule has 108 valence electrons. The molecular weight excluding hydrogens is 263 g/mol. The van der Waals surface area contributed by atoms with Crippen molar-refractivity contribution in [3.63, 3.8) is 0 Å². The van der Waals surface area contributed by atoms with Crippen molar-refractivity contribution in [3.8, 4) is 0 Å². The van der Waals surface area contributed by atoms with Gasteiger partial charge in [-0.15, -0.1) is 0 Å². The zero-order valence-corrected chi connectivity index (χ0v) is 11.3. The molecule has 0 aromatic heterocycles. The Morgan fingerprint density at radius 1 is 1.55 bits per heavy atom. The summed E-state index contributed by atoms with van der Waals surface area (Å²) in [6.07, 6.45) is 1.85. The molecule has 0 saturated carbocycles. The zero-order valence-electron chi connectivity index (χ0n) is 11.3. The number of piperidine rings is 1. The molecule has 0 spiro atoms. The SMILES string of the molecule is CC(=O)C1CCCN(Cc2ccc([N+](=O)[O-])c(F)c2)C1. The van der Waals surface area contributed by atoms with Crippen LogP contribution in [0.2, 0.25) is 0 Å². The monoisotopic (exact) mass is 280 g/mol. The Bertz CT molecular complexity index is 533. The van der Waals surface area contributed by atoms with Gasteiger partial charge >= 0.3 is 5.69 Å². The first-order valence-corrected chi connectivity index (χ1v) is 6.63. The summed E-state index contributed by atoms with van der Waals surface area (Å²) in [4.78, 5) is 23.3. The Morgan fingerprint density at radius 3 is 2.90 bits per heavy atom. The number of carbonyl (C=O) groups is 1. The second-order valence-electron chi connectivity index (χ2n) is 5.23. The number of halogens is 1. The molecule has 6 heteroatoms. The number of nitro groups is 1. The predicted octanol–water partition coefficient (Wildman–Crippen LogP) is 2.53. The van der Waals surface area contributed by atoms with E-state index in [-0.39, 0.29) is 11.7 Å². The Labute approximate surface area is 116 Å². The molecule has 1 aromatic rings. The van der Waals surface area contributed by atoms with Crippen LogP contribution in [0.5, 0.6) is 0 Å². The van der Waals surface area contributed by atoms with Crippen LogP contribution in [-0.4, -0.2) is 28.7 Å². The minimum Gasteiger partial charge on any atom is -0.300 e. The van der Waals surface area contributed by atoms with Crippen molar-refractivity contribution < 1.29 is 14.1 Å². The molecule has 1 aliphatic heterocycles. The first-order valence-electron chi connectivity index (χ1n) is 6.63. The van der Waals surface area contributed by atoms with E-state index in [9.17, 15) is 19.3 Å². The van der Waals surface area contributed by atoms with Crippen LogP contribution >= 0.6 is 0 Å². The van der Waals surface area contributed by atoms with Gasteiger partial charge < -0.3 is 0 Å². The standard InChI is InChI=1S/C14H17FN2O3/c1-10(18)12-3-2-6-16(9-12)8-11-4-5-14(17(19)20)13(15)7-11/h4-5,7,12H,2-3,6,8-9H2,1H3. The number of ketones is 1. The van der Waals surface area contributed by atoms with Gasteiger partial charge in [0.05, 0.1) is 4.92 Å². The van der Waals surface area contributed by atoms with Crippen LogP contribution in [0, 0.1) is 21.8 Å². The Kier molecular flexibility index (Phi) is 4.44. The molecule has 1 heterocycles. The van der Waals surface area contributed by atoms with Gasteiger partial charge in [0.15, 0.2) is 0 Å². The summed E-state index contributed by atoms with van der Waals surface area (Å²) in [6, 6.07) is 3.96. The number of nitrogens with zero attached hydrogens (tertiary/aromatic N) is 2. The maximum atomic E-state index is 13.5. The highest BCUT2D eigenvalue weighted by atomic mass is 19.1. The molecule has 1 fully saturated rings. The van der Waals surface area contributed by atoms with E-state index in [1.54, 1.807) is 13.0 Å². The van der Waals surface area contributed by atoms with Gasteiger partial charge in [0.1, 0.15) is 5.78 Å². The van der Waals surface area contributed by atoms with Gasteiger partial charge in [-0.3, -0.25) is 19.8 Å². The van der Waals surface area contributed by atoms with Gasteiger partial charge in [-0.25, -0.2) is 0 Å². The predicted molar refractivity (Wildman–Crippen MR) is 71.7 cm³/mol. The summed E-state index contributed by atoms with van der Waals surface area (Å²) < 4.78 is 13.5. The summed E-state index contributed by atoms with van der Waals surface area (Å²) in [5, 5.41) is 10.6. The van der Waals surface area contributed by atoms with Crippen LogP contribution in [0.4, 0.5) is 10.1 Å². The second kappa shape index (κ2) is 6.09. The normalized spacial score (nSPS) is 19.8. The summed E-state index contributed by atoms with van der Waals surface area (Å²) in [6.45, 7) is 3.65. The van der Waals surface area contributed by atoms with E-state index in [1.165, 1.54) is 12.1 Å². The average Bonchev–Trinajstić information content (AvgIpc) is 2.38. The van der Waals surface area contributed by atoms with E-state index >= 15 is 0 Å². The molecule has 0 radical (unpaired) electrons. The highest BCUT2D eigenvalue weighted by Crippen LogP contribution is 2.22. The van der Waals surface area contributed by atoms with Crippen molar-refractivity contribution in [2.24, 2.45) is 5.92 Å². The molecule has 20 heavy (non-hydrogen) atoms. The third-order valence-electron chi connectivity index (χ3n) is 3.70. The molecular formula is C14H17FN2O3. The lowest BCUT2D eigenvalue weighted by Crippen LogP contribution is -2.37. The Morgan fingerprint density at radius 2 is 2.30 bits per heavy atom. The quantitative estimate of drug-likeness (QED) is 0.628. The van der Waals surface area contributed by atoms with Gasteiger partial charge in [-0.1, -0.05) is 6.07 Å². The largest absolute Gasteiger partial charge is 0.304 e. The third kappa shape index (κ3) is 3.39. The van der Waals surface area contributed by atoms with Crippen molar-refractivity contribution in [2.45, 2.75) is 26.3 Å². The lowest BCUT2D eigenvalue weighted by atomic mass is 9.94. The lowest BCUT2D eigenvalue weighted by Gasteiger charge is -2.31. The molecule has 0 aliphatic carbocycles. The highest BCUT2D eigenvalue weighted by molar-refractivity contribution is 5.78. The number of nitro benzene ring substituents is 1. The molecule has 1 aliphatic rings. The van der Waals surface area contributed by atoms with Gasteiger partial charge in [0, 0.05) is 25.1 Å². The number of benzene rings is 1. The van der Waals surface area contributed by atoms with E-state index in [1.807, 2.05) is 0 Å². The highest BCUT2D eigenvalue weighted by Gasteiger charge is 2.23. The van der Waals surface area contributed by atoms with E-state index in [2.05, 4.69) is 4.90 Å². The van der Waals surface area contributed by atoms with Gasteiger partial charge in [-0.2, -0.15) is 4.39 Å². The molecule has 2 rings (SSSR count).